The van der Waals surface area contributed by atoms with Crippen molar-refractivity contribution in [1.82, 2.24) is 0 Å². The summed E-state index contributed by atoms with van der Waals surface area (Å²) in [6, 6.07) is 187. The van der Waals surface area contributed by atoms with E-state index >= 15 is 0 Å². The summed E-state index contributed by atoms with van der Waals surface area (Å²) >= 11 is 0. The van der Waals surface area contributed by atoms with Crippen molar-refractivity contribution in [2.45, 2.75) is 37.0 Å². The van der Waals surface area contributed by atoms with E-state index in [1.165, 1.54) is 195 Å². The Morgan fingerprint density at radius 2 is 0.422 bits per heavy atom. The Bertz CT molecular complexity index is 8040. The number of hydrogen-bond donors (Lipinski definition) is 0. The largest absolute Gasteiger partial charge is 0.310 e. The van der Waals surface area contributed by atoms with Crippen molar-refractivity contribution in [3.8, 4) is 100 Å². The first kappa shape index (κ1) is 80.1. The number of rotatable bonds is 12. The quantitative estimate of drug-likeness (QED) is 0.121. The molecule has 0 amide bonds. The zero-order valence-corrected chi connectivity index (χ0v) is 75.3. The third-order valence-corrected chi connectivity index (χ3v) is 29.4. The molecule has 0 saturated carbocycles. The van der Waals surface area contributed by atoms with Gasteiger partial charge in [-0.1, -0.05) is 418 Å². The van der Waals surface area contributed by atoms with Gasteiger partial charge in [0.2, 0.25) is 0 Å². The van der Waals surface area contributed by atoms with Crippen molar-refractivity contribution in [2.75, 3.05) is 14.7 Å². The molecule has 0 heterocycles. The summed E-state index contributed by atoms with van der Waals surface area (Å²) in [5.74, 6) is 0. The van der Waals surface area contributed by atoms with E-state index in [-0.39, 0.29) is 10.8 Å². The molecule has 0 aromatic heterocycles. The zero-order valence-electron chi connectivity index (χ0n) is 75.3. The summed E-state index contributed by atoms with van der Waals surface area (Å²) < 4.78 is 0. The fraction of sp³-hybridized carbons (Fsp3) is 0.0455. The van der Waals surface area contributed by atoms with Crippen LogP contribution in [0.25, 0.3) is 100 Å². The Balaban J connectivity index is 0.000000108. The lowest BCUT2D eigenvalue weighted by atomic mass is 9.70. The van der Waals surface area contributed by atoms with Gasteiger partial charge in [0.1, 0.15) is 0 Å². The van der Waals surface area contributed by atoms with Crippen molar-refractivity contribution in [3.05, 3.63) is 593 Å². The first-order valence-corrected chi connectivity index (χ1v) is 47.1. The van der Waals surface area contributed by atoms with Crippen LogP contribution in [0.2, 0.25) is 0 Å². The van der Waals surface area contributed by atoms with Crippen molar-refractivity contribution in [3.63, 3.8) is 0 Å². The molecule has 0 radical (unpaired) electrons. The highest BCUT2D eigenvalue weighted by molar-refractivity contribution is 6.04. The minimum absolute atomic E-state index is 0.327. The summed E-state index contributed by atoms with van der Waals surface area (Å²) in [5, 5.41) is 0. The molecule has 135 heavy (non-hydrogen) atoms. The first-order chi connectivity index (χ1) is 66.8. The van der Waals surface area contributed by atoms with Gasteiger partial charge in [0.15, 0.2) is 0 Å². The van der Waals surface area contributed by atoms with E-state index in [0.717, 1.165) is 39.8 Å². The first-order valence-electron chi connectivity index (χ1n) is 47.1. The maximum absolute atomic E-state index is 2.49. The average molecular weight is 1720 g/mol. The van der Waals surface area contributed by atoms with Crippen LogP contribution in [0.3, 0.4) is 0 Å². The van der Waals surface area contributed by atoms with E-state index < -0.39 is 5.41 Å². The van der Waals surface area contributed by atoms with Gasteiger partial charge in [-0.3, -0.25) is 0 Å². The highest BCUT2D eigenvalue weighted by Crippen LogP contribution is 2.69. The van der Waals surface area contributed by atoms with E-state index in [4.69, 9.17) is 0 Å². The number of para-hydroxylation sites is 2. The van der Waals surface area contributed by atoms with Crippen LogP contribution in [0.4, 0.5) is 51.2 Å². The second-order valence-electron chi connectivity index (χ2n) is 36.4. The van der Waals surface area contributed by atoms with Gasteiger partial charge in [-0.15, -0.1) is 0 Å². The molecule has 6 aliphatic carbocycles. The van der Waals surface area contributed by atoms with Crippen LogP contribution < -0.4 is 14.7 Å². The van der Waals surface area contributed by atoms with Crippen molar-refractivity contribution in [1.29, 1.82) is 0 Å². The molecule has 3 nitrogen and oxygen atoms in total. The van der Waals surface area contributed by atoms with Crippen LogP contribution in [0, 0.1) is 20.8 Å². The molecule has 27 rings (SSSR count). The molecule has 636 valence electrons. The fourth-order valence-corrected chi connectivity index (χ4v) is 23.8. The molecule has 0 saturated heterocycles. The predicted octanol–water partition coefficient (Wildman–Crippen LogP) is 34.4. The van der Waals surface area contributed by atoms with Crippen LogP contribution in [0.1, 0.15) is 83.5 Å². The lowest BCUT2D eigenvalue weighted by molar-refractivity contribution is 0.793. The average Bonchev–Trinajstić information content (AvgIpc) is 1.52. The smallest absolute Gasteiger partial charge is 0.0746 e. The van der Waals surface area contributed by atoms with Crippen LogP contribution in [-0.4, -0.2) is 0 Å². The van der Waals surface area contributed by atoms with E-state index in [2.05, 4.69) is 545 Å². The summed E-state index contributed by atoms with van der Waals surface area (Å²) in [5.41, 5.74) is 52.6. The molecule has 0 fully saturated rings. The minimum Gasteiger partial charge on any atom is -0.310 e. The lowest BCUT2D eigenvalue weighted by Gasteiger charge is -2.36. The van der Waals surface area contributed by atoms with E-state index in [9.17, 15) is 0 Å². The second kappa shape index (κ2) is 32.5. The van der Waals surface area contributed by atoms with Crippen molar-refractivity contribution >= 4 is 51.2 Å². The molecule has 21 aromatic rings. The fourth-order valence-electron chi connectivity index (χ4n) is 23.8. The molecular weight excluding hydrogens is 1630 g/mol. The van der Waals surface area contributed by atoms with Gasteiger partial charge in [-0.05, 0) is 285 Å². The van der Waals surface area contributed by atoms with Gasteiger partial charge in [-0.25, -0.2) is 0 Å². The third-order valence-electron chi connectivity index (χ3n) is 29.4. The molecule has 0 bridgehead atoms. The Hall–Kier alpha value is -17.0. The Morgan fingerprint density at radius 1 is 0.148 bits per heavy atom. The molecule has 0 aliphatic heterocycles. The number of aryl methyl sites for hydroxylation is 3. The predicted molar refractivity (Wildman–Crippen MR) is 563 cm³/mol. The van der Waals surface area contributed by atoms with Crippen molar-refractivity contribution < 1.29 is 0 Å². The Kier molecular flexibility index (Phi) is 19.3. The maximum Gasteiger partial charge on any atom is 0.0746 e. The Morgan fingerprint density at radius 3 is 0.874 bits per heavy atom. The summed E-state index contributed by atoms with van der Waals surface area (Å²) in [6.07, 6.45) is 0. The van der Waals surface area contributed by atoms with E-state index in [0.29, 0.717) is 0 Å². The van der Waals surface area contributed by atoms with Gasteiger partial charge in [0, 0.05) is 50.9 Å². The zero-order chi connectivity index (χ0) is 89.9. The molecular formula is C132H93N3. The highest BCUT2D eigenvalue weighted by Gasteiger charge is 2.56. The number of hydrogen-bond acceptors (Lipinski definition) is 3. The maximum atomic E-state index is 2.49. The van der Waals surface area contributed by atoms with E-state index in [1.807, 2.05) is 0 Å². The standard InChI is InChI=1S/C46H35N.2C43H29N/c1-30-23-25-33(26-24-30)47(34-27-28-36(32(3)29-34)35-14-5-4-13-31(35)2)44-22-12-18-40-39-17-8-11-21-43(39)46(45(40)44)41-19-9-6-15-37(41)38-16-7-10-20-42(38)46;1-3-14-30(15-4-1)31-26-28-33(29-27-31)44(32-16-5-2-6-17-32)41-25-13-24-40-42(41)36-20-9-12-23-39(36)43(40)37-21-10-7-18-34(37)35-19-8-11-22-38(35)43;1-3-13-30(14-4-1)31-23-25-33(26-24-31)44(32-15-5-2-6-16-32)34-27-28-42-38(29-34)37-19-9-12-22-41(37)43(42)39-20-10-7-17-35(39)36-18-8-11-21-40(36)43/h4-29H,1-3H3;2*1-29H. The Labute approximate surface area is 790 Å². The monoisotopic (exact) mass is 1720 g/mol. The highest BCUT2D eigenvalue weighted by atomic mass is 15.2. The van der Waals surface area contributed by atoms with Gasteiger partial charge in [0.05, 0.1) is 27.6 Å². The number of nitrogens with zero attached hydrogens (tertiary/aromatic N) is 3. The normalized spacial score (nSPS) is 13.2. The topological polar surface area (TPSA) is 9.72 Å². The van der Waals surface area contributed by atoms with Crippen molar-refractivity contribution in [2.24, 2.45) is 0 Å². The molecule has 6 aliphatic rings. The van der Waals surface area contributed by atoms with E-state index in [1.54, 1.807) is 0 Å². The summed E-state index contributed by atoms with van der Waals surface area (Å²) in [4.78, 5) is 7.29. The number of anilines is 9. The number of fused-ring (bicyclic) bond motifs is 30. The third kappa shape index (κ3) is 12.4. The van der Waals surface area contributed by atoms with Gasteiger partial charge >= 0.3 is 0 Å². The van der Waals surface area contributed by atoms with Crippen LogP contribution >= 0.6 is 0 Å². The second-order valence-corrected chi connectivity index (χ2v) is 36.4. The minimum atomic E-state index is -0.436. The molecule has 0 N–H and O–H groups in total. The van der Waals surface area contributed by atoms with Gasteiger partial charge in [0.25, 0.3) is 0 Å². The molecule has 0 unspecified atom stereocenters. The summed E-state index contributed by atoms with van der Waals surface area (Å²) in [7, 11) is 0. The lowest BCUT2D eigenvalue weighted by Crippen LogP contribution is -2.28. The summed E-state index contributed by atoms with van der Waals surface area (Å²) in [6.45, 7) is 6.60. The molecule has 0 atom stereocenters. The van der Waals surface area contributed by atoms with Crippen LogP contribution in [-0.2, 0) is 16.2 Å². The molecule has 3 heteroatoms. The SMILES string of the molecule is Cc1ccc(N(c2ccc(-c3ccccc3C)c(C)c2)c2cccc3c2C2(c4ccccc4-c4ccccc42)c2ccccc2-3)cc1.c1ccc(-c2ccc(N(c3ccccc3)c3ccc4c(c3)-c3ccccc3C43c4ccccc4-c4ccccc43)cc2)cc1.c1ccc(-c2ccc(N(c3ccccc3)c3cccc4c3-c3ccccc3C43c4ccccc4-c4ccccc43)cc2)cc1. The van der Waals surface area contributed by atoms with Gasteiger partial charge in [-0.2, -0.15) is 0 Å². The number of benzene rings is 21. The molecule has 3 spiro atoms. The van der Waals surface area contributed by atoms with Crippen LogP contribution in [0.5, 0.6) is 0 Å². The molecule has 21 aromatic carbocycles. The van der Waals surface area contributed by atoms with Crippen LogP contribution in [0.15, 0.2) is 510 Å². The van der Waals surface area contributed by atoms with Gasteiger partial charge < -0.3 is 14.7 Å².